The Kier molecular flexibility index (Phi) is 6.70. The second-order valence-electron chi connectivity index (χ2n) is 7.22. The summed E-state index contributed by atoms with van der Waals surface area (Å²) in [6.07, 6.45) is 6.76. The fourth-order valence-electron chi connectivity index (χ4n) is 3.09. The van der Waals surface area contributed by atoms with E-state index < -0.39 is 0 Å². The average molecular weight is 376 g/mol. The van der Waals surface area contributed by atoms with Gasteiger partial charge in [0, 0.05) is 11.5 Å². The number of fused-ring (bicyclic) bond motifs is 1. The number of benzene rings is 2. The van der Waals surface area contributed by atoms with Gasteiger partial charge in [0.15, 0.2) is 0 Å². The Labute approximate surface area is 166 Å². The zero-order valence-corrected chi connectivity index (χ0v) is 17.0. The first-order chi connectivity index (χ1) is 13.6. The highest BCUT2D eigenvalue weighted by Crippen LogP contribution is 2.25. The van der Waals surface area contributed by atoms with Crippen LogP contribution in [0.3, 0.4) is 0 Å². The highest BCUT2D eigenvalue weighted by Gasteiger charge is 2.09. The van der Waals surface area contributed by atoms with Crippen LogP contribution in [0.4, 0.5) is 0 Å². The van der Waals surface area contributed by atoms with Gasteiger partial charge in [-0.05, 0) is 61.6 Å². The van der Waals surface area contributed by atoms with Gasteiger partial charge in [0.25, 0.3) is 0 Å². The molecule has 3 aromatic rings. The van der Waals surface area contributed by atoms with Crippen molar-refractivity contribution in [3.05, 3.63) is 76.2 Å². The molecule has 0 spiro atoms. The van der Waals surface area contributed by atoms with Gasteiger partial charge in [-0.2, -0.15) is 0 Å². The molecule has 0 atom stereocenters. The van der Waals surface area contributed by atoms with Crippen LogP contribution < -0.4 is 10.4 Å². The van der Waals surface area contributed by atoms with Crippen molar-refractivity contribution in [2.45, 2.75) is 46.5 Å². The van der Waals surface area contributed by atoms with Crippen molar-refractivity contribution in [2.24, 2.45) is 0 Å². The van der Waals surface area contributed by atoms with Gasteiger partial charge in [-0.15, -0.1) is 0 Å². The van der Waals surface area contributed by atoms with Crippen LogP contribution in [0.2, 0.25) is 0 Å². The van der Waals surface area contributed by atoms with E-state index in [1.807, 2.05) is 50.3 Å². The molecule has 3 rings (SSSR count). The van der Waals surface area contributed by atoms with E-state index in [1.165, 1.54) is 24.8 Å². The zero-order valence-electron chi connectivity index (χ0n) is 17.0. The minimum Gasteiger partial charge on any atom is -0.489 e. The molecule has 28 heavy (non-hydrogen) atoms. The van der Waals surface area contributed by atoms with Crippen molar-refractivity contribution >= 4 is 11.0 Å². The summed E-state index contributed by atoms with van der Waals surface area (Å²) in [4.78, 5) is 12.5. The fourth-order valence-corrected chi connectivity index (χ4v) is 3.09. The molecule has 0 amide bonds. The number of ether oxygens (including phenoxy) is 1. The predicted molar refractivity (Wildman–Crippen MR) is 116 cm³/mol. The van der Waals surface area contributed by atoms with Gasteiger partial charge >= 0.3 is 5.63 Å². The Morgan fingerprint density at radius 3 is 2.57 bits per heavy atom. The first kappa shape index (κ1) is 19.9. The molecule has 0 aliphatic carbocycles. The molecule has 0 saturated carbocycles. The normalized spacial score (nSPS) is 11.8. The molecular formula is C25H28O3. The van der Waals surface area contributed by atoms with E-state index in [4.69, 9.17) is 9.15 Å². The molecule has 0 fully saturated rings. The lowest BCUT2D eigenvalue weighted by atomic mass is 10.0. The minimum absolute atomic E-state index is 0.326. The summed E-state index contributed by atoms with van der Waals surface area (Å²) < 4.78 is 11.3. The molecule has 1 aromatic heterocycles. The van der Waals surface area contributed by atoms with Crippen molar-refractivity contribution in [2.75, 3.05) is 6.61 Å². The third-order valence-corrected chi connectivity index (χ3v) is 5.00. The van der Waals surface area contributed by atoms with Crippen molar-refractivity contribution < 1.29 is 9.15 Å². The van der Waals surface area contributed by atoms with E-state index in [2.05, 4.69) is 19.1 Å². The van der Waals surface area contributed by atoms with Gasteiger partial charge in [0.05, 0.1) is 5.56 Å². The molecule has 0 aliphatic heterocycles. The van der Waals surface area contributed by atoms with Crippen molar-refractivity contribution in [3.8, 4) is 16.9 Å². The van der Waals surface area contributed by atoms with Crippen LogP contribution in [0.5, 0.6) is 5.75 Å². The average Bonchev–Trinajstić information content (AvgIpc) is 2.72. The molecule has 0 radical (unpaired) electrons. The fraction of sp³-hybridized carbons (Fsp3) is 0.320. The van der Waals surface area contributed by atoms with Gasteiger partial charge in [0.1, 0.15) is 17.9 Å². The maximum Gasteiger partial charge on any atom is 0.344 e. The molecule has 1 heterocycles. The number of allylic oxidation sites excluding steroid dienone is 1. The van der Waals surface area contributed by atoms with Crippen molar-refractivity contribution in [1.29, 1.82) is 0 Å². The lowest BCUT2D eigenvalue weighted by Crippen LogP contribution is -2.03. The summed E-state index contributed by atoms with van der Waals surface area (Å²) in [6.45, 7) is 6.73. The third-order valence-electron chi connectivity index (χ3n) is 5.00. The topological polar surface area (TPSA) is 39.4 Å². The number of rotatable bonds is 8. The highest BCUT2D eigenvalue weighted by atomic mass is 16.5. The van der Waals surface area contributed by atoms with Crippen LogP contribution in [-0.4, -0.2) is 6.61 Å². The second kappa shape index (κ2) is 9.41. The Bertz CT molecular complexity index is 1010. The summed E-state index contributed by atoms with van der Waals surface area (Å²) in [7, 11) is 0. The number of hydrogen-bond donors (Lipinski definition) is 0. The van der Waals surface area contributed by atoms with E-state index in [-0.39, 0.29) is 5.63 Å². The highest BCUT2D eigenvalue weighted by molar-refractivity contribution is 5.82. The van der Waals surface area contributed by atoms with E-state index in [9.17, 15) is 4.79 Å². The molecule has 2 aromatic carbocycles. The summed E-state index contributed by atoms with van der Waals surface area (Å²) in [5.74, 6) is 0.695. The molecular weight excluding hydrogens is 348 g/mol. The van der Waals surface area contributed by atoms with Gasteiger partial charge in [-0.1, -0.05) is 50.1 Å². The summed E-state index contributed by atoms with van der Waals surface area (Å²) in [5, 5.41) is 0.886. The van der Waals surface area contributed by atoms with Crippen molar-refractivity contribution in [1.82, 2.24) is 0 Å². The van der Waals surface area contributed by atoms with Crippen LogP contribution in [0.15, 0.2) is 69.4 Å². The summed E-state index contributed by atoms with van der Waals surface area (Å²) >= 11 is 0. The quantitative estimate of drug-likeness (QED) is 0.255. The van der Waals surface area contributed by atoms with Gasteiger partial charge < -0.3 is 9.15 Å². The molecule has 3 nitrogen and oxygen atoms in total. The summed E-state index contributed by atoms with van der Waals surface area (Å²) in [5.41, 5.74) is 4.15. The van der Waals surface area contributed by atoms with E-state index >= 15 is 0 Å². The first-order valence-corrected chi connectivity index (χ1v) is 10.0. The van der Waals surface area contributed by atoms with Crippen LogP contribution >= 0.6 is 0 Å². The molecule has 0 saturated heterocycles. The molecule has 146 valence electrons. The lowest BCUT2D eigenvalue weighted by molar-refractivity contribution is 0.351. The monoisotopic (exact) mass is 376 g/mol. The SMILES string of the molecule is C/C=C(/C)COc1ccc2cc(-c3ccc(CCCCC)cc3)c(=O)oc2c1. The summed E-state index contributed by atoms with van der Waals surface area (Å²) in [6, 6.07) is 15.7. The molecule has 3 heteroatoms. The first-order valence-electron chi connectivity index (χ1n) is 10.0. The van der Waals surface area contributed by atoms with Crippen LogP contribution in [0.1, 0.15) is 45.6 Å². The Hall–Kier alpha value is -2.81. The Morgan fingerprint density at radius 1 is 1.07 bits per heavy atom. The van der Waals surface area contributed by atoms with E-state index in [0.29, 0.717) is 23.5 Å². The number of unbranched alkanes of at least 4 members (excludes halogenated alkanes) is 2. The molecule has 0 N–H and O–H groups in total. The van der Waals surface area contributed by atoms with Gasteiger partial charge in [-0.3, -0.25) is 0 Å². The van der Waals surface area contributed by atoms with E-state index in [1.54, 1.807) is 6.07 Å². The standard InChI is InChI=1S/C25H28O3/c1-4-6-7-8-19-9-11-20(12-10-19)23-15-21-13-14-22(27-17-18(3)5-2)16-24(21)28-25(23)26/h5,9-16H,4,6-8,17H2,1-3H3/b18-5-. The molecule has 0 unspecified atom stereocenters. The minimum atomic E-state index is -0.326. The third kappa shape index (κ3) is 4.92. The number of aryl methyl sites for hydroxylation is 1. The second-order valence-corrected chi connectivity index (χ2v) is 7.22. The predicted octanol–water partition coefficient (Wildman–Crippen LogP) is 6.54. The number of hydrogen-bond acceptors (Lipinski definition) is 3. The van der Waals surface area contributed by atoms with Crippen molar-refractivity contribution in [3.63, 3.8) is 0 Å². The Balaban J connectivity index is 1.82. The Morgan fingerprint density at radius 2 is 1.86 bits per heavy atom. The largest absolute Gasteiger partial charge is 0.489 e. The van der Waals surface area contributed by atoms with Gasteiger partial charge in [-0.25, -0.2) is 4.79 Å². The lowest BCUT2D eigenvalue weighted by Gasteiger charge is -2.08. The molecule has 0 aliphatic rings. The molecule has 0 bridgehead atoms. The van der Waals surface area contributed by atoms with E-state index in [0.717, 1.165) is 22.9 Å². The van der Waals surface area contributed by atoms with Crippen LogP contribution in [-0.2, 0) is 6.42 Å². The maximum absolute atomic E-state index is 12.5. The van der Waals surface area contributed by atoms with Crippen LogP contribution in [0.25, 0.3) is 22.1 Å². The zero-order chi connectivity index (χ0) is 19.9. The van der Waals surface area contributed by atoms with Crippen LogP contribution in [0, 0.1) is 0 Å². The smallest absolute Gasteiger partial charge is 0.344 e. The maximum atomic E-state index is 12.5. The van der Waals surface area contributed by atoms with Gasteiger partial charge in [0.2, 0.25) is 0 Å².